The standard InChI is InChI=1S/C20H24Cl2N6S/c1-13-10-24-27(11-13)8-4-7-23-20(29)25-19-14(2)26-28(15(19)3)12-16-5-6-17(21)9-18(16)22/h5-6,9-11H,4,7-8,12H2,1-3H3,(H2,23,25,29). The van der Waals surface area contributed by atoms with E-state index in [2.05, 4.69) is 20.8 Å². The Bertz CT molecular complexity index is 1010. The minimum Gasteiger partial charge on any atom is -0.362 e. The highest BCUT2D eigenvalue weighted by molar-refractivity contribution is 7.80. The Balaban J connectivity index is 1.55. The van der Waals surface area contributed by atoms with Gasteiger partial charge >= 0.3 is 0 Å². The molecule has 0 aliphatic heterocycles. The van der Waals surface area contributed by atoms with E-state index in [0.717, 1.165) is 47.7 Å². The van der Waals surface area contributed by atoms with E-state index in [-0.39, 0.29) is 0 Å². The molecule has 0 bridgehead atoms. The van der Waals surface area contributed by atoms with Crippen LogP contribution in [-0.2, 0) is 13.1 Å². The van der Waals surface area contributed by atoms with Gasteiger partial charge in [0.05, 0.1) is 29.8 Å². The number of nitrogens with zero attached hydrogens (tertiary/aromatic N) is 4. The summed E-state index contributed by atoms with van der Waals surface area (Å²) in [5.41, 5.74) is 4.91. The first-order valence-corrected chi connectivity index (χ1v) is 10.5. The molecule has 0 amide bonds. The topological polar surface area (TPSA) is 59.7 Å². The van der Waals surface area contributed by atoms with Gasteiger partial charge in [0.1, 0.15) is 0 Å². The normalized spacial score (nSPS) is 10.9. The zero-order valence-electron chi connectivity index (χ0n) is 16.7. The van der Waals surface area contributed by atoms with Gasteiger partial charge in [0.25, 0.3) is 0 Å². The average molecular weight is 451 g/mol. The largest absolute Gasteiger partial charge is 0.362 e. The summed E-state index contributed by atoms with van der Waals surface area (Å²) in [7, 11) is 0. The van der Waals surface area contributed by atoms with Crippen molar-refractivity contribution in [3.8, 4) is 0 Å². The Labute approximate surface area is 186 Å². The van der Waals surface area contributed by atoms with Gasteiger partial charge in [-0.25, -0.2) is 0 Å². The number of aromatic nitrogens is 4. The van der Waals surface area contributed by atoms with Crippen molar-refractivity contribution in [1.29, 1.82) is 0 Å². The Morgan fingerprint density at radius 3 is 2.69 bits per heavy atom. The SMILES string of the molecule is Cc1cnn(CCCNC(=S)Nc2c(C)nn(Cc3ccc(Cl)cc3Cl)c2C)c1. The van der Waals surface area contributed by atoms with Crippen molar-refractivity contribution in [3.63, 3.8) is 0 Å². The van der Waals surface area contributed by atoms with E-state index in [4.69, 9.17) is 35.4 Å². The number of halogens is 2. The van der Waals surface area contributed by atoms with Crippen LogP contribution >= 0.6 is 35.4 Å². The van der Waals surface area contributed by atoms with Crippen LogP contribution in [0.25, 0.3) is 0 Å². The number of benzene rings is 1. The molecular weight excluding hydrogens is 427 g/mol. The summed E-state index contributed by atoms with van der Waals surface area (Å²) >= 11 is 17.7. The average Bonchev–Trinajstić information content (AvgIpc) is 3.19. The third-order valence-corrected chi connectivity index (χ3v) is 5.40. The van der Waals surface area contributed by atoms with E-state index in [1.807, 2.05) is 54.7 Å². The van der Waals surface area contributed by atoms with Crippen LogP contribution in [-0.4, -0.2) is 31.2 Å². The lowest BCUT2D eigenvalue weighted by molar-refractivity contribution is 0.573. The molecule has 0 aliphatic rings. The maximum Gasteiger partial charge on any atom is 0.170 e. The Hall–Kier alpha value is -2.09. The second-order valence-corrected chi connectivity index (χ2v) is 8.21. The highest BCUT2D eigenvalue weighted by Gasteiger charge is 2.14. The predicted molar refractivity (Wildman–Crippen MR) is 123 cm³/mol. The van der Waals surface area contributed by atoms with Gasteiger partial charge in [0.2, 0.25) is 0 Å². The Kier molecular flexibility index (Phi) is 7.16. The van der Waals surface area contributed by atoms with Gasteiger partial charge in [-0.2, -0.15) is 10.2 Å². The van der Waals surface area contributed by atoms with E-state index < -0.39 is 0 Å². The van der Waals surface area contributed by atoms with Gasteiger partial charge in [-0.3, -0.25) is 9.36 Å². The summed E-state index contributed by atoms with van der Waals surface area (Å²) < 4.78 is 3.85. The highest BCUT2D eigenvalue weighted by atomic mass is 35.5. The van der Waals surface area contributed by atoms with Crippen LogP contribution in [0, 0.1) is 20.8 Å². The lowest BCUT2D eigenvalue weighted by Gasteiger charge is -2.11. The monoisotopic (exact) mass is 450 g/mol. The molecule has 9 heteroatoms. The van der Waals surface area contributed by atoms with E-state index in [9.17, 15) is 0 Å². The van der Waals surface area contributed by atoms with Crippen molar-refractivity contribution in [1.82, 2.24) is 24.9 Å². The minimum atomic E-state index is 0.563. The van der Waals surface area contributed by atoms with Crippen LogP contribution in [0.1, 0.15) is 28.9 Å². The van der Waals surface area contributed by atoms with E-state index in [1.54, 1.807) is 6.07 Å². The Morgan fingerprint density at radius 2 is 2.00 bits per heavy atom. The van der Waals surface area contributed by atoms with E-state index in [0.29, 0.717) is 21.7 Å². The van der Waals surface area contributed by atoms with Crippen molar-refractivity contribution in [2.75, 3.05) is 11.9 Å². The number of hydrogen-bond acceptors (Lipinski definition) is 3. The van der Waals surface area contributed by atoms with Crippen LogP contribution in [0.3, 0.4) is 0 Å². The third kappa shape index (κ3) is 5.72. The molecule has 6 nitrogen and oxygen atoms in total. The fraction of sp³-hybridized carbons (Fsp3) is 0.350. The number of hydrogen-bond donors (Lipinski definition) is 2. The number of nitrogens with one attached hydrogen (secondary N) is 2. The lowest BCUT2D eigenvalue weighted by Crippen LogP contribution is -2.30. The molecule has 0 atom stereocenters. The van der Waals surface area contributed by atoms with Crippen LogP contribution in [0.4, 0.5) is 5.69 Å². The fourth-order valence-electron chi connectivity index (χ4n) is 3.03. The first kappa shape index (κ1) is 21.6. The molecule has 3 rings (SSSR count). The van der Waals surface area contributed by atoms with Crippen molar-refractivity contribution in [3.05, 3.63) is 63.2 Å². The van der Waals surface area contributed by atoms with Crippen LogP contribution in [0.2, 0.25) is 10.0 Å². The number of rotatable bonds is 7. The second kappa shape index (κ2) is 9.61. The van der Waals surface area contributed by atoms with Crippen LogP contribution in [0.15, 0.2) is 30.6 Å². The van der Waals surface area contributed by atoms with Gasteiger partial charge in [0.15, 0.2) is 5.11 Å². The first-order chi connectivity index (χ1) is 13.8. The van der Waals surface area contributed by atoms with E-state index >= 15 is 0 Å². The summed E-state index contributed by atoms with van der Waals surface area (Å²) in [6.45, 7) is 8.17. The van der Waals surface area contributed by atoms with Gasteiger partial charge in [-0.05, 0) is 62.7 Å². The molecule has 3 aromatic rings. The number of anilines is 1. The minimum absolute atomic E-state index is 0.563. The smallest absolute Gasteiger partial charge is 0.170 e. The summed E-state index contributed by atoms with van der Waals surface area (Å²) in [4.78, 5) is 0. The summed E-state index contributed by atoms with van der Waals surface area (Å²) in [6, 6.07) is 5.49. The molecule has 0 unspecified atom stereocenters. The van der Waals surface area contributed by atoms with E-state index in [1.165, 1.54) is 0 Å². The molecule has 0 radical (unpaired) electrons. The van der Waals surface area contributed by atoms with Crippen LogP contribution < -0.4 is 10.6 Å². The molecule has 1 aromatic carbocycles. The summed E-state index contributed by atoms with van der Waals surface area (Å²) in [5.74, 6) is 0. The fourth-order valence-corrected chi connectivity index (χ4v) is 3.71. The third-order valence-electron chi connectivity index (χ3n) is 4.57. The molecule has 0 fully saturated rings. The molecule has 0 saturated carbocycles. The molecule has 2 aromatic heterocycles. The molecule has 0 saturated heterocycles. The maximum atomic E-state index is 6.30. The summed E-state index contributed by atoms with van der Waals surface area (Å²) in [5, 5.41) is 17.3. The second-order valence-electron chi connectivity index (χ2n) is 6.95. The lowest BCUT2D eigenvalue weighted by atomic mass is 10.2. The molecule has 154 valence electrons. The molecule has 0 spiro atoms. The van der Waals surface area contributed by atoms with Gasteiger partial charge < -0.3 is 10.6 Å². The molecule has 29 heavy (non-hydrogen) atoms. The van der Waals surface area contributed by atoms with Crippen LogP contribution in [0.5, 0.6) is 0 Å². The Morgan fingerprint density at radius 1 is 1.21 bits per heavy atom. The van der Waals surface area contributed by atoms with Crippen molar-refractivity contribution in [2.45, 2.75) is 40.3 Å². The zero-order chi connectivity index (χ0) is 21.0. The quantitative estimate of drug-likeness (QED) is 0.402. The van der Waals surface area contributed by atoms with Crippen molar-refractivity contribution in [2.24, 2.45) is 0 Å². The maximum absolute atomic E-state index is 6.30. The highest BCUT2D eigenvalue weighted by Crippen LogP contribution is 2.25. The summed E-state index contributed by atoms with van der Waals surface area (Å²) in [6.07, 6.45) is 4.82. The van der Waals surface area contributed by atoms with Gasteiger partial charge in [0, 0.05) is 29.3 Å². The molecule has 0 aliphatic carbocycles. The zero-order valence-corrected chi connectivity index (χ0v) is 19.0. The molecule has 2 N–H and O–H groups in total. The first-order valence-electron chi connectivity index (χ1n) is 9.35. The number of thiocarbonyl (C=S) groups is 1. The van der Waals surface area contributed by atoms with Crippen molar-refractivity contribution >= 4 is 46.2 Å². The van der Waals surface area contributed by atoms with Gasteiger partial charge in [-0.1, -0.05) is 29.3 Å². The van der Waals surface area contributed by atoms with Crippen molar-refractivity contribution < 1.29 is 0 Å². The molecule has 2 heterocycles. The number of aryl methyl sites for hydroxylation is 3. The predicted octanol–water partition coefficient (Wildman–Crippen LogP) is 4.74. The van der Waals surface area contributed by atoms with Gasteiger partial charge in [-0.15, -0.1) is 0 Å². The molecular formula is C20H24Cl2N6S.